The van der Waals surface area contributed by atoms with E-state index in [1.165, 1.54) is 5.56 Å². The van der Waals surface area contributed by atoms with Gasteiger partial charge in [-0.3, -0.25) is 0 Å². The smallest absolute Gasteiger partial charge is 0.201 e. The van der Waals surface area contributed by atoms with Crippen LogP contribution in [0.4, 0.5) is 5.95 Å². The molecule has 3 aromatic rings. The first kappa shape index (κ1) is 13.2. The molecule has 0 saturated carbocycles. The number of nitriles is 1. The van der Waals surface area contributed by atoms with Crippen LogP contribution in [0.25, 0.3) is 11.0 Å². The van der Waals surface area contributed by atoms with Crippen molar-refractivity contribution in [3.8, 4) is 6.07 Å². The second-order valence-corrected chi connectivity index (χ2v) is 5.00. The van der Waals surface area contributed by atoms with Gasteiger partial charge < -0.3 is 10.3 Å². The highest BCUT2D eigenvalue weighted by molar-refractivity contribution is 5.83. The summed E-state index contributed by atoms with van der Waals surface area (Å²) in [6, 6.07) is 18.1. The normalized spacial score (nSPS) is 10.6. The van der Waals surface area contributed by atoms with Crippen LogP contribution in [0.5, 0.6) is 0 Å². The Morgan fingerprint density at radius 2 is 1.90 bits per heavy atom. The molecule has 104 valence electrons. The molecular formula is C17H16N4. The Kier molecular flexibility index (Phi) is 3.57. The van der Waals surface area contributed by atoms with E-state index in [0.29, 0.717) is 17.0 Å². The molecule has 21 heavy (non-hydrogen) atoms. The second-order valence-electron chi connectivity index (χ2n) is 5.00. The van der Waals surface area contributed by atoms with Gasteiger partial charge in [0.05, 0.1) is 11.1 Å². The maximum Gasteiger partial charge on any atom is 0.201 e. The minimum atomic E-state index is 0.473. The van der Waals surface area contributed by atoms with Crippen molar-refractivity contribution in [2.45, 2.75) is 19.4 Å². The molecule has 0 atom stereocenters. The molecule has 1 heterocycles. The minimum Gasteiger partial charge on any atom is -0.369 e. The number of nitrogen functional groups attached to an aromatic ring is 1. The molecule has 2 N–H and O–H groups in total. The number of hydrogen-bond acceptors (Lipinski definition) is 3. The molecule has 0 bridgehead atoms. The van der Waals surface area contributed by atoms with Gasteiger partial charge in [-0.25, -0.2) is 4.98 Å². The topological polar surface area (TPSA) is 67.6 Å². The number of rotatable bonds is 4. The number of aromatic nitrogens is 2. The summed E-state index contributed by atoms with van der Waals surface area (Å²) in [5.74, 6) is 0.473. The van der Waals surface area contributed by atoms with E-state index in [0.717, 1.165) is 24.9 Å². The van der Waals surface area contributed by atoms with Gasteiger partial charge in [-0.1, -0.05) is 36.4 Å². The first-order chi connectivity index (χ1) is 10.3. The zero-order valence-corrected chi connectivity index (χ0v) is 11.7. The molecule has 0 aliphatic rings. The zero-order chi connectivity index (χ0) is 14.7. The lowest BCUT2D eigenvalue weighted by Crippen LogP contribution is -2.04. The molecule has 4 nitrogen and oxygen atoms in total. The van der Waals surface area contributed by atoms with Crippen LogP contribution in [0.3, 0.4) is 0 Å². The van der Waals surface area contributed by atoms with Gasteiger partial charge in [0.25, 0.3) is 0 Å². The van der Waals surface area contributed by atoms with Gasteiger partial charge in [0, 0.05) is 6.54 Å². The van der Waals surface area contributed by atoms with Crippen molar-refractivity contribution in [1.29, 1.82) is 5.26 Å². The van der Waals surface area contributed by atoms with Gasteiger partial charge in [0.2, 0.25) is 5.95 Å². The van der Waals surface area contributed by atoms with Crippen LogP contribution >= 0.6 is 0 Å². The fraction of sp³-hybridized carbons (Fsp3) is 0.176. The lowest BCUT2D eigenvalue weighted by Gasteiger charge is -2.06. The first-order valence-electron chi connectivity index (χ1n) is 6.98. The number of fused-ring (bicyclic) bond motifs is 1. The highest BCUT2D eigenvalue weighted by atomic mass is 15.1. The summed E-state index contributed by atoms with van der Waals surface area (Å²) >= 11 is 0. The Bertz CT molecular complexity index is 797. The van der Waals surface area contributed by atoms with Crippen LogP contribution in [0.1, 0.15) is 17.5 Å². The quantitative estimate of drug-likeness (QED) is 0.796. The third-order valence-electron chi connectivity index (χ3n) is 3.62. The molecule has 0 aliphatic heterocycles. The molecule has 0 amide bonds. The second kappa shape index (κ2) is 5.68. The van der Waals surface area contributed by atoms with E-state index in [9.17, 15) is 0 Å². The third-order valence-corrected chi connectivity index (χ3v) is 3.62. The summed E-state index contributed by atoms with van der Waals surface area (Å²) in [5.41, 5.74) is 9.51. The van der Waals surface area contributed by atoms with Crippen molar-refractivity contribution in [2.24, 2.45) is 0 Å². The molecule has 3 rings (SSSR count). The molecule has 1 aromatic heterocycles. The number of nitrogens with zero attached hydrogens (tertiary/aromatic N) is 3. The number of benzene rings is 2. The van der Waals surface area contributed by atoms with Crippen molar-refractivity contribution in [2.75, 3.05) is 5.73 Å². The van der Waals surface area contributed by atoms with Gasteiger partial charge >= 0.3 is 0 Å². The highest BCUT2D eigenvalue weighted by Gasteiger charge is 2.10. The van der Waals surface area contributed by atoms with Crippen molar-refractivity contribution in [3.63, 3.8) is 0 Å². The van der Waals surface area contributed by atoms with Crippen LogP contribution in [-0.4, -0.2) is 9.55 Å². The predicted molar refractivity (Wildman–Crippen MR) is 83.6 cm³/mol. The van der Waals surface area contributed by atoms with Crippen molar-refractivity contribution < 1.29 is 0 Å². The fourth-order valence-electron chi connectivity index (χ4n) is 2.58. The van der Waals surface area contributed by atoms with Gasteiger partial charge in [-0.05, 0) is 30.5 Å². The molecule has 0 radical (unpaired) electrons. The molecule has 0 unspecified atom stereocenters. The summed E-state index contributed by atoms with van der Waals surface area (Å²) in [4.78, 5) is 4.33. The maximum absolute atomic E-state index is 9.12. The van der Waals surface area contributed by atoms with Gasteiger partial charge in [-0.2, -0.15) is 5.26 Å². The first-order valence-corrected chi connectivity index (χ1v) is 6.98. The van der Waals surface area contributed by atoms with E-state index < -0.39 is 0 Å². The van der Waals surface area contributed by atoms with Crippen molar-refractivity contribution in [3.05, 3.63) is 59.7 Å². The molecule has 0 fully saturated rings. The van der Waals surface area contributed by atoms with E-state index >= 15 is 0 Å². The highest BCUT2D eigenvalue weighted by Crippen LogP contribution is 2.21. The molecular weight excluding hydrogens is 260 g/mol. The lowest BCUT2D eigenvalue weighted by atomic mass is 10.1. The number of imidazole rings is 1. The molecule has 0 saturated heterocycles. The van der Waals surface area contributed by atoms with Crippen molar-refractivity contribution in [1.82, 2.24) is 9.55 Å². The average molecular weight is 276 g/mol. The lowest BCUT2D eigenvalue weighted by molar-refractivity contribution is 0.665. The average Bonchev–Trinajstić information content (AvgIpc) is 2.84. The van der Waals surface area contributed by atoms with Gasteiger partial charge in [-0.15, -0.1) is 0 Å². The predicted octanol–water partition coefficient (Wildman–Crippen LogP) is 3.12. The Balaban J connectivity index is 1.81. The zero-order valence-electron chi connectivity index (χ0n) is 11.7. The van der Waals surface area contributed by atoms with Crippen LogP contribution in [0.15, 0.2) is 48.5 Å². The van der Waals surface area contributed by atoms with Gasteiger partial charge in [0.1, 0.15) is 11.6 Å². The Morgan fingerprint density at radius 3 is 2.67 bits per heavy atom. The summed E-state index contributed by atoms with van der Waals surface area (Å²) in [7, 11) is 0. The number of hydrogen-bond donors (Lipinski definition) is 1. The maximum atomic E-state index is 9.12. The number of aryl methyl sites for hydroxylation is 2. The van der Waals surface area contributed by atoms with E-state index in [1.54, 1.807) is 6.07 Å². The molecule has 0 spiro atoms. The van der Waals surface area contributed by atoms with Crippen molar-refractivity contribution >= 4 is 17.0 Å². The van der Waals surface area contributed by atoms with Crippen LogP contribution in [0, 0.1) is 11.3 Å². The van der Waals surface area contributed by atoms with E-state index in [1.807, 2.05) is 22.8 Å². The number of anilines is 1. The monoisotopic (exact) mass is 276 g/mol. The minimum absolute atomic E-state index is 0.473. The fourth-order valence-corrected chi connectivity index (χ4v) is 2.58. The molecule has 0 aliphatic carbocycles. The number of para-hydroxylation sites is 1. The summed E-state index contributed by atoms with van der Waals surface area (Å²) < 4.78 is 1.99. The van der Waals surface area contributed by atoms with Crippen LogP contribution in [0.2, 0.25) is 0 Å². The summed E-state index contributed by atoms with van der Waals surface area (Å²) in [6.07, 6.45) is 1.98. The SMILES string of the molecule is N#Cc1cccc2c1nc(N)n2CCCc1ccccc1. The van der Waals surface area contributed by atoms with E-state index in [2.05, 4.69) is 35.3 Å². The summed E-state index contributed by atoms with van der Waals surface area (Å²) in [5, 5.41) is 9.12. The largest absolute Gasteiger partial charge is 0.369 e. The van der Waals surface area contributed by atoms with E-state index in [-0.39, 0.29) is 0 Å². The standard InChI is InChI=1S/C17H16N4/c18-12-14-9-4-10-15-16(14)20-17(19)21(15)11-5-8-13-6-2-1-3-7-13/h1-4,6-7,9-10H,5,8,11H2,(H2,19,20). The summed E-state index contributed by atoms with van der Waals surface area (Å²) in [6.45, 7) is 0.798. The molecule has 2 aromatic carbocycles. The van der Waals surface area contributed by atoms with Crippen LogP contribution < -0.4 is 5.73 Å². The molecule has 4 heteroatoms. The Morgan fingerprint density at radius 1 is 1.10 bits per heavy atom. The van der Waals surface area contributed by atoms with E-state index in [4.69, 9.17) is 11.0 Å². The number of nitrogens with two attached hydrogens (primary N) is 1. The third kappa shape index (κ3) is 2.59. The Hall–Kier alpha value is -2.80. The van der Waals surface area contributed by atoms with Crippen LogP contribution in [-0.2, 0) is 13.0 Å². The van der Waals surface area contributed by atoms with Gasteiger partial charge in [0.15, 0.2) is 0 Å². The Labute approximate surface area is 123 Å².